The molecule has 1 saturated carbocycles. The molecule has 0 bridgehead atoms. The third-order valence-corrected chi connectivity index (χ3v) is 5.86. The standard InChI is InChI=1S/C14H29NO4S2/c16-21(17,18)20-13-10-15-9-4-5-11-19-12-8-14-6-2-1-3-7-14/h14-15H,1-13H2,(H,16,17,18). The van der Waals surface area contributed by atoms with E-state index in [4.69, 9.17) is 9.29 Å². The van der Waals surface area contributed by atoms with Crippen LogP contribution < -0.4 is 5.32 Å². The Balaban J connectivity index is 1.76. The fourth-order valence-electron chi connectivity index (χ4n) is 2.63. The monoisotopic (exact) mass is 339 g/mol. The quantitative estimate of drug-likeness (QED) is 0.323. The summed E-state index contributed by atoms with van der Waals surface area (Å²) in [5, 5.41) is 3.15. The molecule has 0 amide bonds. The van der Waals surface area contributed by atoms with E-state index in [0.29, 0.717) is 23.1 Å². The first kappa shape index (κ1) is 19.2. The fourth-order valence-corrected chi connectivity index (χ4v) is 3.95. The number of hydrogen-bond acceptors (Lipinski definition) is 5. The molecule has 0 atom stereocenters. The van der Waals surface area contributed by atoms with Crippen molar-refractivity contribution in [2.45, 2.75) is 51.4 Å². The molecule has 126 valence electrons. The molecular weight excluding hydrogens is 310 g/mol. The smallest absolute Gasteiger partial charge is 0.319 e. The van der Waals surface area contributed by atoms with Crippen molar-refractivity contribution in [2.24, 2.45) is 5.92 Å². The highest BCUT2D eigenvalue weighted by molar-refractivity contribution is 8.69. The van der Waals surface area contributed by atoms with E-state index in [0.717, 1.165) is 38.5 Å². The van der Waals surface area contributed by atoms with Gasteiger partial charge in [-0.2, -0.15) is 8.42 Å². The highest BCUT2D eigenvalue weighted by Crippen LogP contribution is 2.26. The van der Waals surface area contributed by atoms with Gasteiger partial charge >= 0.3 is 9.15 Å². The van der Waals surface area contributed by atoms with Gasteiger partial charge in [0.1, 0.15) is 0 Å². The molecule has 0 aromatic rings. The molecule has 1 rings (SSSR count). The molecule has 1 aliphatic carbocycles. The van der Waals surface area contributed by atoms with Crippen molar-refractivity contribution in [3.8, 4) is 0 Å². The molecule has 5 nitrogen and oxygen atoms in total. The molecule has 0 saturated heterocycles. The van der Waals surface area contributed by atoms with Crippen molar-refractivity contribution in [1.82, 2.24) is 5.32 Å². The number of ether oxygens (including phenoxy) is 1. The lowest BCUT2D eigenvalue weighted by Gasteiger charge is -2.21. The third-order valence-electron chi connectivity index (χ3n) is 3.80. The molecule has 0 spiro atoms. The highest BCUT2D eigenvalue weighted by Gasteiger charge is 2.12. The summed E-state index contributed by atoms with van der Waals surface area (Å²) < 4.78 is 35.1. The zero-order valence-corrected chi connectivity index (χ0v) is 14.4. The van der Waals surface area contributed by atoms with E-state index >= 15 is 0 Å². The summed E-state index contributed by atoms with van der Waals surface area (Å²) in [6.07, 6.45) is 10.2. The summed E-state index contributed by atoms with van der Waals surface area (Å²) in [6, 6.07) is 0. The molecule has 1 fully saturated rings. The van der Waals surface area contributed by atoms with Crippen LogP contribution in [0.25, 0.3) is 0 Å². The summed E-state index contributed by atoms with van der Waals surface area (Å²) in [5.74, 6) is 1.26. The molecule has 0 aromatic heterocycles. The van der Waals surface area contributed by atoms with Gasteiger partial charge in [0.25, 0.3) is 0 Å². The molecule has 0 aromatic carbocycles. The molecular formula is C14H29NO4S2. The van der Waals surface area contributed by atoms with Gasteiger partial charge in [0.2, 0.25) is 0 Å². The predicted octanol–water partition coefficient (Wildman–Crippen LogP) is 2.88. The third kappa shape index (κ3) is 12.4. The van der Waals surface area contributed by atoms with Gasteiger partial charge in [0.15, 0.2) is 0 Å². The SMILES string of the molecule is O=S(=O)(O)SCCNCCCCOCCC1CCCCC1. The van der Waals surface area contributed by atoms with E-state index < -0.39 is 9.15 Å². The molecule has 0 unspecified atom stereocenters. The molecule has 0 heterocycles. The van der Waals surface area contributed by atoms with Gasteiger partial charge in [-0.05, 0) is 42.5 Å². The minimum atomic E-state index is -3.88. The fraction of sp³-hybridized carbons (Fsp3) is 1.00. The Bertz CT molecular complexity index is 343. The minimum Gasteiger partial charge on any atom is -0.381 e. The van der Waals surface area contributed by atoms with E-state index in [1.165, 1.54) is 38.5 Å². The van der Waals surface area contributed by atoms with Crippen LogP contribution in [0.4, 0.5) is 0 Å². The molecule has 1 aliphatic rings. The summed E-state index contributed by atoms with van der Waals surface area (Å²) in [5.41, 5.74) is 0. The van der Waals surface area contributed by atoms with Crippen LogP contribution in [0.15, 0.2) is 0 Å². The van der Waals surface area contributed by atoms with E-state index in [2.05, 4.69) is 5.32 Å². The van der Waals surface area contributed by atoms with Gasteiger partial charge in [-0.15, -0.1) is 0 Å². The lowest BCUT2D eigenvalue weighted by atomic mass is 9.87. The van der Waals surface area contributed by atoms with Crippen molar-refractivity contribution in [1.29, 1.82) is 0 Å². The number of hydrogen-bond donors (Lipinski definition) is 2. The van der Waals surface area contributed by atoms with E-state index in [9.17, 15) is 8.42 Å². The Kier molecular flexibility index (Phi) is 10.7. The largest absolute Gasteiger partial charge is 0.381 e. The first-order valence-electron chi connectivity index (χ1n) is 7.98. The minimum absolute atomic E-state index is 0.372. The van der Waals surface area contributed by atoms with E-state index in [-0.39, 0.29) is 0 Å². The van der Waals surface area contributed by atoms with Crippen molar-refractivity contribution in [2.75, 3.05) is 32.1 Å². The van der Waals surface area contributed by atoms with Gasteiger partial charge in [0, 0.05) is 25.5 Å². The second kappa shape index (κ2) is 11.7. The van der Waals surface area contributed by atoms with Gasteiger partial charge in [-0.1, -0.05) is 32.1 Å². The maximum Gasteiger partial charge on any atom is 0.319 e. The zero-order valence-electron chi connectivity index (χ0n) is 12.8. The van der Waals surface area contributed by atoms with Crippen molar-refractivity contribution in [3.05, 3.63) is 0 Å². The van der Waals surface area contributed by atoms with Crippen molar-refractivity contribution < 1.29 is 17.7 Å². The molecule has 2 N–H and O–H groups in total. The second-order valence-electron chi connectivity index (χ2n) is 5.61. The summed E-state index contributed by atoms with van der Waals surface area (Å²) in [4.78, 5) is 0. The number of rotatable bonds is 12. The van der Waals surface area contributed by atoms with Crippen LogP contribution in [0.2, 0.25) is 0 Å². The topological polar surface area (TPSA) is 75.6 Å². The van der Waals surface area contributed by atoms with Crippen LogP contribution in [0.3, 0.4) is 0 Å². The molecule has 7 heteroatoms. The number of nitrogens with one attached hydrogen (secondary N) is 1. The Morgan fingerprint density at radius 1 is 1.10 bits per heavy atom. The van der Waals surface area contributed by atoms with Gasteiger partial charge in [0.05, 0.1) is 0 Å². The Labute approximate surface area is 132 Å². The van der Waals surface area contributed by atoms with Gasteiger partial charge in [-0.25, -0.2) is 0 Å². The summed E-state index contributed by atoms with van der Waals surface area (Å²) in [7, 11) is -3.32. The van der Waals surface area contributed by atoms with Crippen LogP contribution in [0.1, 0.15) is 51.4 Å². The van der Waals surface area contributed by atoms with Crippen LogP contribution in [-0.4, -0.2) is 45.0 Å². The second-order valence-corrected chi connectivity index (χ2v) is 9.08. The Hall–Kier alpha value is 0.180. The maximum absolute atomic E-state index is 10.5. The van der Waals surface area contributed by atoms with Crippen LogP contribution in [0, 0.1) is 5.92 Å². The molecule has 0 radical (unpaired) electrons. The predicted molar refractivity (Wildman–Crippen MR) is 88.1 cm³/mol. The Morgan fingerprint density at radius 3 is 2.57 bits per heavy atom. The lowest BCUT2D eigenvalue weighted by Crippen LogP contribution is -2.19. The van der Waals surface area contributed by atoms with E-state index in [1.54, 1.807) is 0 Å². The molecule has 0 aliphatic heterocycles. The first-order valence-corrected chi connectivity index (χ1v) is 10.9. The average Bonchev–Trinajstić information content (AvgIpc) is 2.44. The van der Waals surface area contributed by atoms with Crippen LogP contribution >= 0.6 is 10.8 Å². The van der Waals surface area contributed by atoms with E-state index in [1.807, 2.05) is 0 Å². The highest BCUT2D eigenvalue weighted by atomic mass is 33.1. The molecule has 21 heavy (non-hydrogen) atoms. The Morgan fingerprint density at radius 2 is 1.86 bits per heavy atom. The lowest BCUT2D eigenvalue weighted by molar-refractivity contribution is 0.110. The van der Waals surface area contributed by atoms with Crippen molar-refractivity contribution >= 4 is 19.9 Å². The van der Waals surface area contributed by atoms with Gasteiger partial charge < -0.3 is 10.1 Å². The first-order chi connectivity index (χ1) is 10.1. The average molecular weight is 340 g/mol. The normalized spacial score (nSPS) is 17.2. The van der Waals surface area contributed by atoms with Crippen molar-refractivity contribution in [3.63, 3.8) is 0 Å². The van der Waals surface area contributed by atoms with Crippen LogP contribution in [-0.2, 0) is 13.9 Å². The number of unbranched alkanes of at least 4 members (excludes halogenated alkanes) is 1. The van der Waals surface area contributed by atoms with Gasteiger partial charge in [-0.3, -0.25) is 4.55 Å². The van der Waals surface area contributed by atoms with Crippen LogP contribution in [0.5, 0.6) is 0 Å². The maximum atomic E-state index is 10.5. The summed E-state index contributed by atoms with van der Waals surface area (Å²) >= 11 is 0. The summed E-state index contributed by atoms with van der Waals surface area (Å²) in [6.45, 7) is 3.16. The zero-order chi connectivity index (χ0) is 15.4.